The fourth-order valence-corrected chi connectivity index (χ4v) is 4.02. The van der Waals surface area contributed by atoms with Crippen molar-refractivity contribution in [1.29, 1.82) is 0 Å². The first kappa shape index (κ1) is 22.9. The Morgan fingerprint density at radius 3 is 2.27 bits per heavy atom. The Morgan fingerprint density at radius 1 is 0.848 bits per heavy atom. The highest BCUT2D eigenvalue weighted by molar-refractivity contribution is 5.75. The van der Waals surface area contributed by atoms with Crippen LogP contribution in [0, 0.1) is 0 Å². The Kier molecular flexibility index (Phi) is 6.73. The molecule has 0 atom stereocenters. The summed E-state index contributed by atoms with van der Waals surface area (Å²) in [6, 6.07) is 24.8. The fourth-order valence-electron chi connectivity index (χ4n) is 4.02. The molecule has 0 spiro atoms. The van der Waals surface area contributed by atoms with Crippen molar-refractivity contribution in [3.05, 3.63) is 89.7 Å². The van der Waals surface area contributed by atoms with Gasteiger partial charge in [-0.05, 0) is 52.8 Å². The molecule has 4 heteroatoms. The van der Waals surface area contributed by atoms with E-state index in [-0.39, 0.29) is 5.41 Å². The second-order valence-corrected chi connectivity index (χ2v) is 9.77. The molecule has 4 rings (SSSR count). The Hall–Kier alpha value is -3.27. The Labute approximate surface area is 197 Å². The van der Waals surface area contributed by atoms with Crippen LogP contribution in [-0.2, 0) is 18.6 Å². The van der Waals surface area contributed by atoms with Crippen LogP contribution in [0.2, 0.25) is 0 Å². The Balaban J connectivity index is 1.49. The third kappa shape index (κ3) is 5.39. The molecule has 0 bridgehead atoms. The van der Waals surface area contributed by atoms with Crippen LogP contribution in [0.1, 0.15) is 57.5 Å². The van der Waals surface area contributed by atoms with E-state index in [1.54, 1.807) is 0 Å². The molecule has 4 aromatic rings. The smallest absolute Gasteiger partial charge is 0.148 e. The molecule has 0 saturated carbocycles. The van der Waals surface area contributed by atoms with E-state index in [9.17, 15) is 0 Å². The van der Waals surface area contributed by atoms with E-state index in [1.165, 1.54) is 11.1 Å². The maximum atomic E-state index is 6.19. The Bertz CT molecular complexity index is 1200. The van der Waals surface area contributed by atoms with Gasteiger partial charge in [0.2, 0.25) is 0 Å². The predicted octanol–water partition coefficient (Wildman–Crippen LogP) is 7.12. The van der Waals surface area contributed by atoms with Gasteiger partial charge in [-0.25, -0.2) is 4.98 Å². The molecule has 4 nitrogen and oxygen atoms in total. The molecule has 1 aromatic heterocycles. The molecule has 0 fully saturated rings. The third-order valence-corrected chi connectivity index (χ3v) is 5.94. The molecule has 3 aromatic carbocycles. The van der Waals surface area contributed by atoms with E-state index in [0.717, 1.165) is 28.4 Å². The van der Waals surface area contributed by atoms with E-state index in [2.05, 4.69) is 69.5 Å². The molecule has 0 aliphatic rings. The zero-order chi connectivity index (χ0) is 23.4. The molecule has 0 saturated heterocycles. The van der Waals surface area contributed by atoms with Gasteiger partial charge in [-0.1, -0.05) is 77.1 Å². The van der Waals surface area contributed by atoms with Crippen molar-refractivity contribution in [3.8, 4) is 11.5 Å². The molecular weight excluding hydrogens is 408 g/mol. The van der Waals surface area contributed by atoms with Crippen molar-refractivity contribution < 1.29 is 9.47 Å². The summed E-state index contributed by atoms with van der Waals surface area (Å²) < 4.78 is 14.5. The number of hydrogen-bond acceptors (Lipinski definition) is 3. The highest BCUT2D eigenvalue weighted by Gasteiger charge is 2.15. The number of para-hydroxylation sites is 3. The lowest BCUT2D eigenvalue weighted by atomic mass is 9.87. The van der Waals surface area contributed by atoms with Crippen LogP contribution in [-0.4, -0.2) is 16.2 Å². The quantitative estimate of drug-likeness (QED) is 0.292. The summed E-state index contributed by atoms with van der Waals surface area (Å²) in [5, 5.41) is 0. The fraction of sp³-hybridized carbons (Fsp3) is 0.345. The zero-order valence-electron chi connectivity index (χ0n) is 20.3. The number of nitrogens with zero attached hydrogens (tertiary/aromatic N) is 2. The van der Waals surface area contributed by atoms with Crippen LogP contribution in [0.4, 0.5) is 0 Å². The van der Waals surface area contributed by atoms with Crippen molar-refractivity contribution in [2.24, 2.45) is 0 Å². The van der Waals surface area contributed by atoms with Crippen molar-refractivity contribution >= 4 is 11.0 Å². The maximum Gasteiger partial charge on any atom is 0.148 e. The lowest BCUT2D eigenvalue weighted by molar-refractivity contribution is 0.271. The number of aromatic nitrogens is 2. The molecule has 0 amide bonds. The number of imidazole rings is 1. The second-order valence-electron chi connectivity index (χ2n) is 9.77. The SMILES string of the molecule is CC(C)c1ccccc1OCCn1c(COc2ccc(C(C)(C)C)cc2)nc2ccccc21. The standard InChI is InChI=1S/C29H34N2O2/c1-21(2)24-10-6-9-13-27(24)32-19-18-31-26-12-8-7-11-25(26)30-28(31)20-33-23-16-14-22(15-17-23)29(3,4)5/h6-17,21H,18-20H2,1-5H3. The van der Waals surface area contributed by atoms with Crippen LogP contribution >= 0.6 is 0 Å². The number of ether oxygens (including phenoxy) is 2. The summed E-state index contributed by atoms with van der Waals surface area (Å²) in [5.41, 5.74) is 4.72. The predicted molar refractivity (Wildman–Crippen MR) is 135 cm³/mol. The first-order valence-electron chi connectivity index (χ1n) is 11.7. The number of fused-ring (bicyclic) bond motifs is 1. The maximum absolute atomic E-state index is 6.19. The van der Waals surface area contributed by atoms with Gasteiger partial charge in [0.1, 0.15) is 30.5 Å². The summed E-state index contributed by atoms with van der Waals surface area (Å²) >= 11 is 0. The topological polar surface area (TPSA) is 36.3 Å². The second kappa shape index (κ2) is 9.70. The number of benzene rings is 3. The van der Waals surface area contributed by atoms with E-state index in [1.807, 2.05) is 42.5 Å². The minimum absolute atomic E-state index is 0.126. The number of rotatable bonds is 8. The molecule has 0 unspecified atom stereocenters. The summed E-state index contributed by atoms with van der Waals surface area (Å²) in [6.45, 7) is 12.7. The molecule has 0 radical (unpaired) electrons. The minimum atomic E-state index is 0.126. The van der Waals surface area contributed by atoms with Gasteiger partial charge in [-0.3, -0.25) is 0 Å². The molecule has 33 heavy (non-hydrogen) atoms. The van der Waals surface area contributed by atoms with Crippen LogP contribution in [0.15, 0.2) is 72.8 Å². The lowest BCUT2D eigenvalue weighted by Crippen LogP contribution is -2.14. The van der Waals surface area contributed by atoms with Crippen LogP contribution < -0.4 is 9.47 Å². The number of hydrogen-bond donors (Lipinski definition) is 0. The molecule has 0 aliphatic carbocycles. The van der Waals surface area contributed by atoms with Crippen LogP contribution in [0.3, 0.4) is 0 Å². The highest BCUT2D eigenvalue weighted by Crippen LogP contribution is 2.27. The average Bonchev–Trinajstić information content (AvgIpc) is 3.15. The van der Waals surface area contributed by atoms with Crippen LogP contribution in [0.5, 0.6) is 11.5 Å². The van der Waals surface area contributed by atoms with Gasteiger partial charge >= 0.3 is 0 Å². The highest BCUT2D eigenvalue weighted by atomic mass is 16.5. The largest absolute Gasteiger partial charge is 0.491 e. The van der Waals surface area contributed by atoms with E-state index in [4.69, 9.17) is 14.5 Å². The van der Waals surface area contributed by atoms with E-state index in [0.29, 0.717) is 25.7 Å². The summed E-state index contributed by atoms with van der Waals surface area (Å²) in [6.07, 6.45) is 0. The molecule has 172 valence electrons. The normalized spacial score (nSPS) is 11.8. The summed E-state index contributed by atoms with van der Waals surface area (Å²) in [5.74, 6) is 3.12. The summed E-state index contributed by atoms with van der Waals surface area (Å²) in [7, 11) is 0. The van der Waals surface area contributed by atoms with Crippen molar-refractivity contribution in [2.75, 3.05) is 6.61 Å². The zero-order valence-corrected chi connectivity index (χ0v) is 20.3. The van der Waals surface area contributed by atoms with Gasteiger partial charge in [-0.2, -0.15) is 0 Å². The molecule has 0 aliphatic heterocycles. The van der Waals surface area contributed by atoms with E-state index < -0.39 is 0 Å². The van der Waals surface area contributed by atoms with Crippen molar-refractivity contribution in [2.45, 2.75) is 59.1 Å². The first-order valence-corrected chi connectivity index (χ1v) is 11.7. The first-order chi connectivity index (χ1) is 15.8. The third-order valence-electron chi connectivity index (χ3n) is 5.94. The monoisotopic (exact) mass is 442 g/mol. The van der Waals surface area contributed by atoms with Gasteiger partial charge in [0, 0.05) is 0 Å². The Morgan fingerprint density at radius 2 is 1.55 bits per heavy atom. The lowest BCUT2D eigenvalue weighted by Gasteiger charge is -2.19. The van der Waals surface area contributed by atoms with Crippen molar-refractivity contribution in [1.82, 2.24) is 9.55 Å². The van der Waals surface area contributed by atoms with Crippen LogP contribution in [0.25, 0.3) is 11.0 Å². The molecular formula is C29H34N2O2. The van der Waals surface area contributed by atoms with Gasteiger partial charge in [0.05, 0.1) is 17.6 Å². The summed E-state index contributed by atoms with van der Waals surface area (Å²) in [4.78, 5) is 4.84. The minimum Gasteiger partial charge on any atom is -0.491 e. The van der Waals surface area contributed by atoms with Gasteiger partial charge in [0.15, 0.2) is 0 Å². The van der Waals surface area contributed by atoms with Gasteiger partial charge in [0.25, 0.3) is 0 Å². The molecule has 1 heterocycles. The molecule has 0 N–H and O–H groups in total. The van der Waals surface area contributed by atoms with Gasteiger partial charge in [-0.15, -0.1) is 0 Å². The average molecular weight is 443 g/mol. The van der Waals surface area contributed by atoms with E-state index >= 15 is 0 Å². The van der Waals surface area contributed by atoms with Gasteiger partial charge < -0.3 is 14.0 Å². The van der Waals surface area contributed by atoms with Crippen molar-refractivity contribution in [3.63, 3.8) is 0 Å².